The largest absolute Gasteiger partial charge is 0.487 e. The summed E-state index contributed by atoms with van der Waals surface area (Å²) in [5.74, 6) is 0.718. The van der Waals surface area contributed by atoms with Gasteiger partial charge in [-0.3, -0.25) is 4.98 Å². The Morgan fingerprint density at radius 2 is 2.11 bits per heavy atom. The maximum Gasteiger partial charge on any atom is 0.130 e. The van der Waals surface area contributed by atoms with E-state index in [0.717, 1.165) is 22.6 Å². The van der Waals surface area contributed by atoms with Gasteiger partial charge in [0.2, 0.25) is 0 Å². The number of hydrogen-bond acceptors (Lipinski definition) is 3. The van der Waals surface area contributed by atoms with E-state index in [0.29, 0.717) is 6.61 Å². The van der Waals surface area contributed by atoms with E-state index >= 15 is 0 Å². The van der Waals surface area contributed by atoms with Crippen LogP contribution in [0.2, 0.25) is 0 Å². The summed E-state index contributed by atoms with van der Waals surface area (Å²) in [6, 6.07) is 11.5. The minimum atomic E-state index is -0.538. The molecule has 0 unspecified atom stereocenters. The van der Waals surface area contributed by atoms with Crippen LogP contribution in [-0.2, 0) is 6.61 Å². The molecule has 0 radical (unpaired) electrons. The lowest BCUT2D eigenvalue weighted by Gasteiger charge is -2.14. The van der Waals surface area contributed by atoms with Gasteiger partial charge in [0, 0.05) is 11.8 Å². The zero-order valence-corrected chi connectivity index (χ0v) is 10.6. The third-order valence-corrected chi connectivity index (χ3v) is 2.72. The number of hydrogen-bond donors (Lipinski definition) is 1. The highest BCUT2D eigenvalue weighted by Gasteiger charge is 2.09. The van der Waals surface area contributed by atoms with Gasteiger partial charge in [-0.15, -0.1) is 0 Å². The van der Waals surface area contributed by atoms with E-state index in [2.05, 4.69) is 4.98 Å². The first-order valence-corrected chi connectivity index (χ1v) is 5.98. The van der Waals surface area contributed by atoms with Crippen LogP contribution in [0, 0.1) is 6.92 Å². The van der Waals surface area contributed by atoms with Crippen molar-refractivity contribution in [2.45, 2.75) is 26.6 Å². The van der Waals surface area contributed by atoms with Gasteiger partial charge in [-0.2, -0.15) is 0 Å². The molecule has 0 bridgehead atoms. The molecule has 1 heterocycles. The molecule has 18 heavy (non-hydrogen) atoms. The van der Waals surface area contributed by atoms with Crippen molar-refractivity contribution in [3.8, 4) is 5.75 Å². The van der Waals surface area contributed by atoms with Gasteiger partial charge < -0.3 is 9.84 Å². The molecular weight excluding hydrogens is 226 g/mol. The van der Waals surface area contributed by atoms with Gasteiger partial charge in [0.25, 0.3) is 0 Å². The molecule has 2 aromatic rings. The zero-order valence-electron chi connectivity index (χ0n) is 10.6. The Kier molecular flexibility index (Phi) is 3.95. The van der Waals surface area contributed by atoms with E-state index in [1.807, 2.05) is 43.3 Å². The van der Waals surface area contributed by atoms with Crippen LogP contribution in [0.15, 0.2) is 42.6 Å². The fourth-order valence-corrected chi connectivity index (χ4v) is 1.75. The van der Waals surface area contributed by atoms with Crippen LogP contribution >= 0.6 is 0 Å². The standard InChI is InChI=1S/C15H17NO2/c1-11-6-7-14(12(2)17)15(9-11)18-10-13-5-3-4-8-16-13/h3-9,12,17H,10H2,1-2H3/t12-/m1/s1. The smallest absolute Gasteiger partial charge is 0.130 e. The molecule has 1 atom stereocenters. The molecule has 1 N–H and O–H groups in total. The van der Waals surface area contributed by atoms with E-state index in [9.17, 15) is 5.11 Å². The van der Waals surface area contributed by atoms with E-state index in [4.69, 9.17) is 4.74 Å². The van der Waals surface area contributed by atoms with Crippen molar-refractivity contribution in [2.24, 2.45) is 0 Å². The molecule has 0 aliphatic heterocycles. The van der Waals surface area contributed by atoms with Crippen molar-refractivity contribution in [3.63, 3.8) is 0 Å². The predicted molar refractivity (Wildman–Crippen MR) is 70.4 cm³/mol. The SMILES string of the molecule is Cc1ccc([C@@H](C)O)c(OCc2ccccn2)c1. The predicted octanol–water partition coefficient (Wildman–Crippen LogP) is 3.02. The summed E-state index contributed by atoms with van der Waals surface area (Å²) in [5, 5.41) is 9.70. The summed E-state index contributed by atoms with van der Waals surface area (Å²) in [6.45, 7) is 4.14. The molecule has 1 aromatic carbocycles. The molecule has 0 aliphatic rings. The first kappa shape index (κ1) is 12.6. The number of aryl methyl sites for hydroxylation is 1. The Morgan fingerprint density at radius 3 is 2.78 bits per heavy atom. The van der Waals surface area contributed by atoms with E-state index in [1.54, 1.807) is 13.1 Å². The minimum Gasteiger partial charge on any atom is -0.487 e. The molecule has 0 saturated carbocycles. The van der Waals surface area contributed by atoms with Gasteiger partial charge in [0.15, 0.2) is 0 Å². The highest BCUT2D eigenvalue weighted by molar-refractivity contribution is 5.38. The Hall–Kier alpha value is -1.87. The average molecular weight is 243 g/mol. The average Bonchev–Trinajstić information content (AvgIpc) is 2.37. The van der Waals surface area contributed by atoms with Crippen LogP contribution < -0.4 is 4.74 Å². The number of ether oxygens (including phenoxy) is 1. The summed E-state index contributed by atoms with van der Waals surface area (Å²) < 4.78 is 5.74. The van der Waals surface area contributed by atoms with Crippen molar-refractivity contribution >= 4 is 0 Å². The summed E-state index contributed by atoms with van der Waals surface area (Å²) in [5.41, 5.74) is 2.78. The fraction of sp³-hybridized carbons (Fsp3) is 0.267. The first-order chi connectivity index (χ1) is 8.66. The monoisotopic (exact) mass is 243 g/mol. The summed E-state index contributed by atoms with van der Waals surface area (Å²) >= 11 is 0. The second-order valence-corrected chi connectivity index (χ2v) is 4.33. The van der Waals surface area contributed by atoms with Crippen molar-refractivity contribution < 1.29 is 9.84 Å². The molecule has 0 fully saturated rings. The van der Waals surface area contributed by atoms with Crippen LogP contribution in [0.4, 0.5) is 0 Å². The summed E-state index contributed by atoms with van der Waals surface area (Å²) in [6.07, 6.45) is 1.20. The van der Waals surface area contributed by atoms with Crippen molar-refractivity contribution in [1.82, 2.24) is 4.98 Å². The third kappa shape index (κ3) is 3.08. The molecule has 0 spiro atoms. The molecule has 3 heteroatoms. The maximum absolute atomic E-state index is 9.70. The Morgan fingerprint density at radius 1 is 1.28 bits per heavy atom. The van der Waals surface area contributed by atoms with Crippen LogP contribution in [-0.4, -0.2) is 10.1 Å². The van der Waals surface area contributed by atoms with Crippen molar-refractivity contribution in [3.05, 3.63) is 59.4 Å². The summed E-state index contributed by atoms with van der Waals surface area (Å²) in [7, 11) is 0. The quantitative estimate of drug-likeness (QED) is 0.897. The van der Waals surface area contributed by atoms with Crippen LogP contribution in [0.1, 0.15) is 29.8 Å². The number of aliphatic hydroxyl groups excluding tert-OH is 1. The molecule has 0 aliphatic carbocycles. The maximum atomic E-state index is 9.70. The van der Waals surface area contributed by atoms with E-state index in [1.165, 1.54) is 0 Å². The molecule has 94 valence electrons. The normalized spacial score (nSPS) is 12.2. The lowest BCUT2D eigenvalue weighted by molar-refractivity contribution is 0.190. The second kappa shape index (κ2) is 5.65. The number of aliphatic hydroxyl groups is 1. The van der Waals surface area contributed by atoms with Crippen LogP contribution in [0.3, 0.4) is 0 Å². The number of pyridine rings is 1. The molecule has 0 amide bonds. The van der Waals surface area contributed by atoms with Crippen LogP contribution in [0.25, 0.3) is 0 Å². The second-order valence-electron chi connectivity index (χ2n) is 4.33. The van der Waals surface area contributed by atoms with Gasteiger partial charge in [0.1, 0.15) is 12.4 Å². The molecule has 0 saturated heterocycles. The third-order valence-electron chi connectivity index (χ3n) is 2.72. The molecule has 2 rings (SSSR count). The van der Waals surface area contributed by atoms with Crippen molar-refractivity contribution in [2.75, 3.05) is 0 Å². The molecular formula is C15H17NO2. The molecule has 3 nitrogen and oxygen atoms in total. The Bertz CT molecular complexity index is 509. The highest BCUT2D eigenvalue weighted by atomic mass is 16.5. The van der Waals surface area contributed by atoms with Gasteiger partial charge >= 0.3 is 0 Å². The van der Waals surface area contributed by atoms with E-state index in [-0.39, 0.29) is 0 Å². The minimum absolute atomic E-state index is 0.407. The zero-order chi connectivity index (χ0) is 13.0. The lowest BCUT2D eigenvalue weighted by atomic mass is 10.1. The van der Waals surface area contributed by atoms with Gasteiger partial charge in [-0.05, 0) is 37.6 Å². The topological polar surface area (TPSA) is 42.4 Å². The van der Waals surface area contributed by atoms with E-state index < -0.39 is 6.10 Å². The first-order valence-electron chi connectivity index (χ1n) is 5.98. The van der Waals surface area contributed by atoms with Gasteiger partial charge in [-0.1, -0.05) is 18.2 Å². The van der Waals surface area contributed by atoms with Crippen LogP contribution in [0.5, 0.6) is 5.75 Å². The number of aromatic nitrogens is 1. The molecule has 1 aromatic heterocycles. The Labute approximate surface area is 107 Å². The number of rotatable bonds is 4. The number of benzene rings is 1. The Balaban J connectivity index is 2.15. The summed E-state index contributed by atoms with van der Waals surface area (Å²) in [4.78, 5) is 4.20. The number of nitrogens with zero attached hydrogens (tertiary/aromatic N) is 1. The highest BCUT2D eigenvalue weighted by Crippen LogP contribution is 2.26. The van der Waals surface area contributed by atoms with Gasteiger partial charge in [0.05, 0.1) is 11.8 Å². The van der Waals surface area contributed by atoms with Gasteiger partial charge in [-0.25, -0.2) is 0 Å². The lowest BCUT2D eigenvalue weighted by Crippen LogP contribution is -2.02. The van der Waals surface area contributed by atoms with Crippen molar-refractivity contribution in [1.29, 1.82) is 0 Å². The fourth-order valence-electron chi connectivity index (χ4n) is 1.75.